The highest BCUT2D eigenvalue weighted by Gasteiger charge is 2.08. The summed E-state index contributed by atoms with van der Waals surface area (Å²) < 4.78 is 5.30. The quantitative estimate of drug-likeness (QED) is 0.597. The van der Waals surface area contributed by atoms with Gasteiger partial charge in [-0.3, -0.25) is 4.99 Å². The summed E-state index contributed by atoms with van der Waals surface area (Å²) in [5.41, 5.74) is 2.03. The lowest BCUT2D eigenvalue weighted by Crippen LogP contribution is -2.37. The van der Waals surface area contributed by atoms with Crippen LogP contribution < -0.4 is 10.6 Å². The normalized spacial score (nSPS) is 11.8. The third-order valence-corrected chi connectivity index (χ3v) is 3.89. The van der Waals surface area contributed by atoms with E-state index in [9.17, 15) is 0 Å². The first-order valence-corrected chi connectivity index (χ1v) is 8.58. The molecule has 0 atom stereocenters. The van der Waals surface area contributed by atoms with E-state index in [0.717, 1.165) is 23.4 Å². The summed E-state index contributed by atoms with van der Waals surface area (Å²) in [7, 11) is 1.73. The van der Waals surface area contributed by atoms with Crippen LogP contribution >= 0.6 is 23.2 Å². The minimum Gasteiger partial charge on any atom is -0.359 e. The van der Waals surface area contributed by atoms with Crippen LogP contribution in [0.3, 0.4) is 0 Å². The van der Waals surface area contributed by atoms with Crippen molar-refractivity contribution in [3.63, 3.8) is 0 Å². The van der Waals surface area contributed by atoms with Crippen LogP contribution in [-0.2, 0) is 13.0 Å². The average molecular weight is 369 g/mol. The summed E-state index contributed by atoms with van der Waals surface area (Å²) in [6.07, 6.45) is 0.792. The van der Waals surface area contributed by atoms with Crippen LogP contribution in [0, 0.1) is 0 Å². The van der Waals surface area contributed by atoms with Crippen molar-refractivity contribution in [2.75, 3.05) is 13.6 Å². The molecule has 0 bridgehead atoms. The molecule has 0 aliphatic heterocycles. The second kappa shape index (κ2) is 8.94. The Labute approximate surface area is 152 Å². The molecule has 7 heteroatoms. The Bertz CT molecular complexity index is 677. The van der Waals surface area contributed by atoms with Gasteiger partial charge in [0.25, 0.3) is 0 Å². The second-order valence-corrected chi connectivity index (χ2v) is 6.63. The summed E-state index contributed by atoms with van der Waals surface area (Å²) in [5.74, 6) is 1.83. The molecule has 5 nitrogen and oxygen atoms in total. The molecule has 0 aliphatic carbocycles. The van der Waals surface area contributed by atoms with Crippen LogP contribution in [0.1, 0.15) is 36.8 Å². The molecule has 0 aliphatic rings. The van der Waals surface area contributed by atoms with Crippen molar-refractivity contribution >= 4 is 29.2 Å². The van der Waals surface area contributed by atoms with Gasteiger partial charge in [0.05, 0.1) is 12.2 Å². The van der Waals surface area contributed by atoms with Gasteiger partial charge in [-0.05, 0) is 36.1 Å². The van der Waals surface area contributed by atoms with E-state index in [0.29, 0.717) is 35.0 Å². The summed E-state index contributed by atoms with van der Waals surface area (Å²) >= 11 is 12.0. The number of benzene rings is 1. The zero-order valence-corrected chi connectivity index (χ0v) is 15.6. The molecule has 130 valence electrons. The van der Waals surface area contributed by atoms with E-state index in [1.807, 2.05) is 18.2 Å². The molecule has 1 heterocycles. The van der Waals surface area contributed by atoms with Gasteiger partial charge in [0.1, 0.15) is 0 Å². The Kier molecular flexibility index (Phi) is 6.94. The van der Waals surface area contributed by atoms with Crippen molar-refractivity contribution in [1.82, 2.24) is 15.8 Å². The predicted molar refractivity (Wildman–Crippen MR) is 99.0 cm³/mol. The smallest absolute Gasteiger partial charge is 0.191 e. The first kappa shape index (κ1) is 18.6. The first-order valence-electron chi connectivity index (χ1n) is 7.83. The molecule has 0 saturated carbocycles. The fourth-order valence-electron chi connectivity index (χ4n) is 2.16. The van der Waals surface area contributed by atoms with E-state index in [1.165, 1.54) is 0 Å². The number of aliphatic imine (C=N–C) groups is 1. The van der Waals surface area contributed by atoms with E-state index in [-0.39, 0.29) is 0 Å². The van der Waals surface area contributed by atoms with Gasteiger partial charge in [-0.25, -0.2) is 0 Å². The lowest BCUT2D eigenvalue weighted by atomic mass is 10.1. The maximum absolute atomic E-state index is 6.00. The number of guanidine groups is 1. The van der Waals surface area contributed by atoms with E-state index < -0.39 is 0 Å². The van der Waals surface area contributed by atoms with Crippen molar-refractivity contribution < 1.29 is 4.52 Å². The van der Waals surface area contributed by atoms with Gasteiger partial charge in [-0.2, -0.15) is 0 Å². The Morgan fingerprint density at radius 3 is 2.46 bits per heavy atom. The van der Waals surface area contributed by atoms with Crippen molar-refractivity contribution in [3.05, 3.63) is 51.3 Å². The zero-order chi connectivity index (χ0) is 17.5. The van der Waals surface area contributed by atoms with E-state index >= 15 is 0 Å². The monoisotopic (exact) mass is 368 g/mol. The van der Waals surface area contributed by atoms with E-state index in [4.69, 9.17) is 27.7 Å². The highest BCUT2D eigenvalue weighted by atomic mass is 35.5. The lowest BCUT2D eigenvalue weighted by molar-refractivity contribution is 0.372. The number of nitrogens with zero attached hydrogens (tertiary/aromatic N) is 2. The number of aromatic nitrogens is 1. The van der Waals surface area contributed by atoms with Gasteiger partial charge in [0.15, 0.2) is 11.7 Å². The number of nitrogens with one attached hydrogen (secondary N) is 2. The van der Waals surface area contributed by atoms with Crippen LogP contribution in [0.2, 0.25) is 10.0 Å². The highest BCUT2D eigenvalue weighted by molar-refractivity contribution is 6.34. The minimum atomic E-state index is 0.351. The van der Waals surface area contributed by atoms with E-state index in [1.54, 1.807) is 13.1 Å². The Morgan fingerprint density at radius 1 is 1.17 bits per heavy atom. The molecular formula is C17H22Cl2N4O. The summed E-state index contributed by atoms with van der Waals surface area (Å²) in [5, 5.41) is 11.8. The van der Waals surface area contributed by atoms with Crippen molar-refractivity contribution in [3.8, 4) is 0 Å². The highest BCUT2D eigenvalue weighted by Crippen LogP contribution is 2.19. The summed E-state index contributed by atoms with van der Waals surface area (Å²) in [6.45, 7) is 5.40. The summed E-state index contributed by atoms with van der Waals surface area (Å²) in [6, 6.07) is 7.50. The zero-order valence-electron chi connectivity index (χ0n) is 14.1. The first-order chi connectivity index (χ1) is 11.5. The van der Waals surface area contributed by atoms with Crippen molar-refractivity contribution in [2.45, 2.75) is 32.7 Å². The SMILES string of the molecule is CN=C(NCCc1cc(Cl)cc(Cl)c1)NCc1cc(C(C)C)no1. The molecular weight excluding hydrogens is 347 g/mol. The molecule has 24 heavy (non-hydrogen) atoms. The molecule has 2 N–H and O–H groups in total. The maximum atomic E-state index is 6.00. The third kappa shape index (κ3) is 5.73. The Hall–Kier alpha value is -1.72. The molecule has 0 unspecified atom stereocenters. The van der Waals surface area contributed by atoms with Crippen molar-refractivity contribution in [1.29, 1.82) is 0 Å². The topological polar surface area (TPSA) is 62.5 Å². The molecule has 2 aromatic rings. The summed E-state index contributed by atoms with van der Waals surface area (Å²) in [4.78, 5) is 4.19. The lowest BCUT2D eigenvalue weighted by Gasteiger charge is -2.11. The predicted octanol–water partition coefficient (Wildman–Crippen LogP) is 4.01. The van der Waals surface area contributed by atoms with Gasteiger partial charge in [0.2, 0.25) is 0 Å². The standard InChI is InChI=1S/C17H22Cl2N4O/c1-11(2)16-9-15(24-23-16)10-22-17(20-3)21-5-4-12-6-13(18)8-14(19)7-12/h6-9,11H,4-5,10H2,1-3H3,(H2,20,21,22). The van der Waals surface area contributed by atoms with Gasteiger partial charge >= 0.3 is 0 Å². The largest absolute Gasteiger partial charge is 0.359 e. The average Bonchev–Trinajstić information content (AvgIpc) is 2.99. The molecule has 1 aromatic heterocycles. The molecule has 1 aromatic carbocycles. The molecule has 0 spiro atoms. The van der Waals surface area contributed by atoms with Crippen LogP contribution in [0.5, 0.6) is 0 Å². The number of hydrogen-bond donors (Lipinski definition) is 2. The van der Waals surface area contributed by atoms with Gasteiger partial charge in [-0.15, -0.1) is 0 Å². The number of hydrogen-bond acceptors (Lipinski definition) is 3. The van der Waals surface area contributed by atoms with Gasteiger partial charge in [0, 0.05) is 29.7 Å². The third-order valence-electron chi connectivity index (χ3n) is 3.45. The van der Waals surface area contributed by atoms with E-state index in [2.05, 4.69) is 34.6 Å². The second-order valence-electron chi connectivity index (χ2n) is 5.75. The number of halogens is 2. The Balaban J connectivity index is 1.79. The Morgan fingerprint density at radius 2 is 1.88 bits per heavy atom. The maximum Gasteiger partial charge on any atom is 0.191 e. The number of rotatable bonds is 6. The van der Waals surface area contributed by atoms with Crippen LogP contribution in [0.4, 0.5) is 0 Å². The molecule has 2 rings (SSSR count). The van der Waals surface area contributed by atoms with Gasteiger partial charge in [-0.1, -0.05) is 42.2 Å². The van der Waals surface area contributed by atoms with Crippen LogP contribution in [0.25, 0.3) is 0 Å². The van der Waals surface area contributed by atoms with Crippen LogP contribution in [-0.4, -0.2) is 24.7 Å². The molecule has 0 radical (unpaired) electrons. The minimum absolute atomic E-state index is 0.351. The molecule has 0 amide bonds. The fraction of sp³-hybridized carbons (Fsp3) is 0.412. The van der Waals surface area contributed by atoms with Crippen molar-refractivity contribution in [2.24, 2.45) is 4.99 Å². The molecule has 0 saturated heterocycles. The molecule has 0 fully saturated rings. The fourth-order valence-corrected chi connectivity index (χ4v) is 2.73. The van der Waals surface area contributed by atoms with Crippen LogP contribution in [0.15, 0.2) is 33.8 Å². The van der Waals surface area contributed by atoms with Gasteiger partial charge < -0.3 is 15.2 Å².